The number of nitrogens with one attached hydrogen (secondary N) is 1. The van der Waals surface area contributed by atoms with E-state index in [2.05, 4.69) is 38.3 Å². The van der Waals surface area contributed by atoms with Crippen molar-refractivity contribution in [1.29, 1.82) is 0 Å². The summed E-state index contributed by atoms with van der Waals surface area (Å²) in [4.78, 5) is 4.17. The van der Waals surface area contributed by atoms with E-state index in [1.54, 1.807) is 12.4 Å². The van der Waals surface area contributed by atoms with Gasteiger partial charge < -0.3 is 5.32 Å². The molecular weight excluding hydrogens is 268 g/mol. The number of nitrogens with zero attached hydrogens (tertiary/aromatic N) is 3. The van der Waals surface area contributed by atoms with Crippen LogP contribution in [-0.4, -0.2) is 14.8 Å². The maximum absolute atomic E-state index is 4.17. The summed E-state index contributed by atoms with van der Waals surface area (Å²) in [6, 6.07) is 6.09. The fourth-order valence-electron chi connectivity index (χ4n) is 1.61. The second kappa shape index (κ2) is 4.65. The average Bonchev–Trinajstić information content (AvgIpc) is 2.68. The fraction of sp³-hybridized carbons (Fsp3) is 0.273. The highest BCUT2D eigenvalue weighted by molar-refractivity contribution is 9.10. The minimum atomic E-state index is 0.188. The Bertz CT molecular complexity index is 480. The second-order valence-electron chi connectivity index (χ2n) is 3.59. The predicted octanol–water partition coefficient (Wildman–Crippen LogP) is 2.75. The highest BCUT2D eigenvalue weighted by Crippen LogP contribution is 2.23. The van der Waals surface area contributed by atoms with Gasteiger partial charge in [-0.15, -0.1) is 0 Å². The lowest BCUT2D eigenvalue weighted by atomic mass is 10.2. The van der Waals surface area contributed by atoms with Crippen molar-refractivity contribution in [1.82, 2.24) is 14.8 Å². The second-order valence-corrected chi connectivity index (χ2v) is 4.34. The highest BCUT2D eigenvalue weighted by atomic mass is 79.9. The molecule has 0 spiro atoms. The molecule has 0 saturated heterocycles. The van der Waals surface area contributed by atoms with Crippen LogP contribution >= 0.6 is 15.9 Å². The zero-order valence-corrected chi connectivity index (χ0v) is 10.8. The summed E-state index contributed by atoms with van der Waals surface area (Å²) in [6.07, 6.45) is 3.55. The van der Waals surface area contributed by atoms with E-state index < -0.39 is 0 Å². The monoisotopic (exact) mass is 280 g/mol. The smallest absolute Gasteiger partial charge is 0.129 e. The van der Waals surface area contributed by atoms with Crippen molar-refractivity contribution in [2.24, 2.45) is 7.05 Å². The number of hydrogen-bond acceptors (Lipinski definition) is 3. The third kappa shape index (κ3) is 2.24. The summed E-state index contributed by atoms with van der Waals surface area (Å²) in [5.41, 5.74) is 2.12. The molecule has 2 aromatic rings. The van der Waals surface area contributed by atoms with E-state index >= 15 is 0 Å². The molecule has 0 radical (unpaired) electrons. The largest absolute Gasteiger partial charge is 0.375 e. The Labute approximate surface area is 103 Å². The van der Waals surface area contributed by atoms with Crippen LogP contribution in [0.4, 0.5) is 5.69 Å². The predicted molar refractivity (Wildman–Crippen MR) is 67.2 cm³/mol. The van der Waals surface area contributed by atoms with Gasteiger partial charge in [0.1, 0.15) is 4.60 Å². The maximum Gasteiger partial charge on any atom is 0.129 e. The van der Waals surface area contributed by atoms with E-state index in [4.69, 9.17) is 0 Å². The molecule has 0 amide bonds. The van der Waals surface area contributed by atoms with Gasteiger partial charge in [-0.1, -0.05) is 0 Å². The van der Waals surface area contributed by atoms with Gasteiger partial charge in [0.25, 0.3) is 0 Å². The van der Waals surface area contributed by atoms with Gasteiger partial charge in [0.05, 0.1) is 17.4 Å². The minimum absolute atomic E-state index is 0.188. The van der Waals surface area contributed by atoms with Crippen LogP contribution in [0.15, 0.2) is 35.2 Å². The molecule has 1 unspecified atom stereocenters. The molecule has 84 valence electrons. The molecule has 2 rings (SSSR count). The summed E-state index contributed by atoms with van der Waals surface area (Å²) in [6.45, 7) is 2.09. The van der Waals surface area contributed by atoms with Gasteiger partial charge in [-0.3, -0.25) is 4.68 Å². The van der Waals surface area contributed by atoms with Crippen molar-refractivity contribution in [2.45, 2.75) is 13.0 Å². The number of rotatable bonds is 3. The molecule has 0 aliphatic rings. The molecule has 0 saturated carbocycles. The maximum atomic E-state index is 4.17. The van der Waals surface area contributed by atoms with E-state index in [1.165, 1.54) is 0 Å². The molecule has 1 N–H and O–H groups in total. The lowest BCUT2D eigenvalue weighted by Crippen LogP contribution is -2.11. The topological polar surface area (TPSA) is 42.7 Å². The Morgan fingerprint density at radius 1 is 1.38 bits per heavy atom. The van der Waals surface area contributed by atoms with E-state index in [0.29, 0.717) is 0 Å². The Hall–Kier alpha value is -1.36. The molecule has 0 fully saturated rings. The first-order valence-corrected chi connectivity index (χ1v) is 5.82. The number of halogens is 1. The normalized spacial score (nSPS) is 12.4. The van der Waals surface area contributed by atoms with E-state index in [0.717, 1.165) is 16.0 Å². The quantitative estimate of drug-likeness (QED) is 0.880. The zero-order chi connectivity index (χ0) is 11.5. The fourth-order valence-corrected chi connectivity index (χ4v) is 1.97. The van der Waals surface area contributed by atoms with Gasteiger partial charge in [0, 0.05) is 19.4 Å². The summed E-state index contributed by atoms with van der Waals surface area (Å²) in [5, 5.41) is 7.53. The van der Waals surface area contributed by atoms with Gasteiger partial charge in [-0.05, 0) is 41.1 Å². The number of pyridine rings is 1. The van der Waals surface area contributed by atoms with E-state index in [9.17, 15) is 0 Å². The molecule has 0 aliphatic carbocycles. The van der Waals surface area contributed by atoms with Crippen molar-refractivity contribution < 1.29 is 0 Å². The van der Waals surface area contributed by atoms with Crippen molar-refractivity contribution in [3.8, 4) is 0 Å². The van der Waals surface area contributed by atoms with Crippen molar-refractivity contribution in [3.63, 3.8) is 0 Å². The summed E-state index contributed by atoms with van der Waals surface area (Å²) in [7, 11) is 1.94. The molecule has 2 aromatic heterocycles. The van der Waals surface area contributed by atoms with Gasteiger partial charge in [-0.2, -0.15) is 5.10 Å². The Balaban J connectivity index is 2.17. The Kier molecular flexibility index (Phi) is 3.24. The lowest BCUT2D eigenvalue weighted by molar-refractivity contribution is 0.675. The van der Waals surface area contributed by atoms with Crippen LogP contribution in [0.25, 0.3) is 0 Å². The Morgan fingerprint density at radius 2 is 2.19 bits per heavy atom. The molecule has 0 aliphatic heterocycles. The third-order valence-corrected chi connectivity index (χ3v) is 3.07. The summed E-state index contributed by atoms with van der Waals surface area (Å²) in [5.74, 6) is 0. The number of aromatic nitrogens is 3. The highest BCUT2D eigenvalue weighted by Gasteiger charge is 2.10. The lowest BCUT2D eigenvalue weighted by Gasteiger charge is -2.16. The van der Waals surface area contributed by atoms with Crippen LogP contribution < -0.4 is 5.32 Å². The molecule has 2 heterocycles. The molecule has 4 nitrogen and oxygen atoms in total. The van der Waals surface area contributed by atoms with Crippen LogP contribution in [0.5, 0.6) is 0 Å². The summed E-state index contributed by atoms with van der Waals surface area (Å²) >= 11 is 3.41. The molecule has 0 bridgehead atoms. The van der Waals surface area contributed by atoms with E-state index in [1.807, 2.05) is 29.9 Å². The average molecular weight is 281 g/mol. The van der Waals surface area contributed by atoms with Crippen LogP contribution in [-0.2, 0) is 7.05 Å². The summed E-state index contributed by atoms with van der Waals surface area (Å²) < 4.78 is 2.69. The van der Waals surface area contributed by atoms with Gasteiger partial charge >= 0.3 is 0 Å². The Morgan fingerprint density at radius 3 is 2.81 bits per heavy atom. The SMILES string of the molecule is CC(Nc1cccnc1Br)c1ccnn1C. The molecular formula is C11H13BrN4. The molecule has 0 aromatic carbocycles. The van der Waals surface area contributed by atoms with Gasteiger partial charge in [-0.25, -0.2) is 4.98 Å². The van der Waals surface area contributed by atoms with Crippen LogP contribution in [0, 0.1) is 0 Å². The van der Waals surface area contributed by atoms with Crippen LogP contribution in [0.1, 0.15) is 18.7 Å². The molecule has 16 heavy (non-hydrogen) atoms. The first-order valence-electron chi connectivity index (χ1n) is 5.03. The minimum Gasteiger partial charge on any atom is -0.375 e. The standard InChI is InChI=1S/C11H13BrN4/c1-8(10-5-7-14-16(10)2)15-9-4-3-6-13-11(9)12/h3-8,15H,1-2H3. The molecule has 1 atom stereocenters. The first kappa shape index (κ1) is 11.1. The van der Waals surface area contributed by atoms with Crippen molar-refractivity contribution >= 4 is 21.6 Å². The number of anilines is 1. The number of hydrogen-bond donors (Lipinski definition) is 1. The van der Waals surface area contributed by atoms with Gasteiger partial charge in [0.15, 0.2) is 0 Å². The number of aryl methyl sites for hydroxylation is 1. The van der Waals surface area contributed by atoms with Crippen molar-refractivity contribution in [2.75, 3.05) is 5.32 Å². The van der Waals surface area contributed by atoms with Crippen LogP contribution in [0.2, 0.25) is 0 Å². The van der Waals surface area contributed by atoms with Gasteiger partial charge in [0.2, 0.25) is 0 Å². The first-order chi connectivity index (χ1) is 7.68. The molecule has 5 heteroatoms. The van der Waals surface area contributed by atoms with Crippen molar-refractivity contribution in [3.05, 3.63) is 40.9 Å². The third-order valence-electron chi connectivity index (χ3n) is 2.43. The van der Waals surface area contributed by atoms with E-state index in [-0.39, 0.29) is 6.04 Å². The zero-order valence-electron chi connectivity index (χ0n) is 9.18. The van der Waals surface area contributed by atoms with Crippen LogP contribution in [0.3, 0.4) is 0 Å².